The second-order valence-electron chi connectivity index (χ2n) is 8.58. The van der Waals surface area contributed by atoms with Gasteiger partial charge in [0.25, 0.3) is 5.91 Å². The van der Waals surface area contributed by atoms with Gasteiger partial charge in [-0.15, -0.1) is 0 Å². The van der Waals surface area contributed by atoms with Gasteiger partial charge < -0.3 is 4.74 Å². The minimum Gasteiger partial charge on any atom is -0.497 e. The van der Waals surface area contributed by atoms with Crippen molar-refractivity contribution in [1.29, 1.82) is 0 Å². The minimum atomic E-state index is -0.215. The van der Waals surface area contributed by atoms with Crippen LogP contribution in [0.4, 0.5) is 0 Å². The fraction of sp³-hybridized carbons (Fsp3) is 0.286. The number of ether oxygens (including phenoxy) is 1. The maximum atomic E-state index is 12.4. The number of methoxy groups -OCH3 is 1. The van der Waals surface area contributed by atoms with E-state index in [2.05, 4.69) is 45.8 Å². The molecule has 0 bridgehead atoms. The van der Waals surface area contributed by atoms with Crippen molar-refractivity contribution in [3.8, 4) is 5.75 Å². The van der Waals surface area contributed by atoms with Crippen LogP contribution in [0.1, 0.15) is 39.9 Å². The summed E-state index contributed by atoms with van der Waals surface area (Å²) in [6.45, 7) is 3.18. The fourth-order valence-electron chi connectivity index (χ4n) is 4.24. The zero-order valence-corrected chi connectivity index (χ0v) is 19.1. The molecule has 1 N–H and O–H groups in total. The molecule has 0 aromatic heterocycles. The second-order valence-corrected chi connectivity index (χ2v) is 8.58. The van der Waals surface area contributed by atoms with E-state index in [1.54, 1.807) is 13.3 Å². The standard InChI is InChI=1S/C28H31N3O2/c1-33-27-13-9-24(10-14-27)20-29-30-28(32)26-11-7-25(8-12-26)21-31-17-15-23(16-18-31)19-22-5-3-2-4-6-22/h2-14,20,23H,15-19,21H2,1H3,(H,30,32)/b29-20-. The maximum Gasteiger partial charge on any atom is 0.271 e. The first-order chi connectivity index (χ1) is 16.2. The molecular weight excluding hydrogens is 410 g/mol. The van der Waals surface area contributed by atoms with Gasteiger partial charge in [0.1, 0.15) is 5.75 Å². The van der Waals surface area contributed by atoms with Gasteiger partial charge in [-0.25, -0.2) is 5.43 Å². The second kappa shape index (κ2) is 11.4. The van der Waals surface area contributed by atoms with E-state index >= 15 is 0 Å². The lowest BCUT2D eigenvalue weighted by Gasteiger charge is -2.32. The molecule has 0 atom stereocenters. The van der Waals surface area contributed by atoms with Gasteiger partial charge in [0.2, 0.25) is 0 Å². The van der Waals surface area contributed by atoms with Crippen molar-refractivity contribution in [2.45, 2.75) is 25.8 Å². The molecule has 0 radical (unpaired) electrons. The molecule has 5 nitrogen and oxygen atoms in total. The maximum absolute atomic E-state index is 12.4. The van der Waals surface area contributed by atoms with E-state index in [4.69, 9.17) is 4.74 Å². The number of hydrogen-bond acceptors (Lipinski definition) is 4. The van der Waals surface area contributed by atoms with Gasteiger partial charge >= 0.3 is 0 Å². The largest absolute Gasteiger partial charge is 0.497 e. The predicted octanol–water partition coefficient (Wildman–Crippen LogP) is 4.91. The number of likely N-dealkylation sites (tertiary alicyclic amines) is 1. The van der Waals surface area contributed by atoms with Gasteiger partial charge in [-0.2, -0.15) is 5.10 Å². The minimum absolute atomic E-state index is 0.215. The molecule has 5 heteroatoms. The summed E-state index contributed by atoms with van der Waals surface area (Å²) in [5, 5.41) is 4.05. The molecule has 170 valence electrons. The molecule has 1 amide bonds. The summed E-state index contributed by atoms with van der Waals surface area (Å²) in [5.41, 5.74) is 6.76. The normalized spacial score (nSPS) is 14.9. The number of nitrogens with one attached hydrogen (secondary N) is 1. The lowest BCUT2D eigenvalue weighted by molar-refractivity contribution is 0.0955. The zero-order valence-electron chi connectivity index (χ0n) is 19.1. The molecule has 1 heterocycles. The number of hydrazone groups is 1. The number of amides is 1. The topological polar surface area (TPSA) is 53.9 Å². The Morgan fingerprint density at radius 1 is 0.970 bits per heavy atom. The molecule has 0 aliphatic carbocycles. The Hall–Kier alpha value is -3.44. The van der Waals surface area contributed by atoms with Crippen LogP contribution in [0.25, 0.3) is 0 Å². The van der Waals surface area contributed by atoms with Crippen molar-refractivity contribution in [3.63, 3.8) is 0 Å². The Morgan fingerprint density at radius 2 is 1.67 bits per heavy atom. The van der Waals surface area contributed by atoms with Crippen LogP contribution >= 0.6 is 0 Å². The van der Waals surface area contributed by atoms with Crippen molar-refractivity contribution in [1.82, 2.24) is 10.3 Å². The summed E-state index contributed by atoms with van der Waals surface area (Å²) >= 11 is 0. The lowest BCUT2D eigenvalue weighted by Crippen LogP contribution is -2.33. The van der Waals surface area contributed by atoms with Crippen molar-refractivity contribution in [3.05, 3.63) is 101 Å². The van der Waals surface area contributed by atoms with E-state index < -0.39 is 0 Å². The van der Waals surface area contributed by atoms with Crippen LogP contribution in [0.15, 0.2) is 84.0 Å². The molecule has 1 aliphatic heterocycles. The highest BCUT2D eigenvalue weighted by molar-refractivity contribution is 5.94. The van der Waals surface area contributed by atoms with Crippen molar-refractivity contribution < 1.29 is 9.53 Å². The summed E-state index contributed by atoms with van der Waals surface area (Å²) in [4.78, 5) is 14.9. The summed E-state index contributed by atoms with van der Waals surface area (Å²) < 4.78 is 5.14. The third-order valence-corrected chi connectivity index (χ3v) is 6.19. The number of carbonyl (C=O) groups excluding carboxylic acids is 1. The molecule has 33 heavy (non-hydrogen) atoms. The highest BCUT2D eigenvalue weighted by Crippen LogP contribution is 2.23. The average molecular weight is 442 g/mol. The number of nitrogens with zero attached hydrogens (tertiary/aromatic N) is 2. The van der Waals surface area contributed by atoms with Gasteiger partial charge in [0.05, 0.1) is 13.3 Å². The van der Waals surface area contributed by atoms with Gasteiger partial charge in [-0.05, 0) is 91.4 Å². The Labute approximate surface area is 196 Å². The third-order valence-electron chi connectivity index (χ3n) is 6.19. The van der Waals surface area contributed by atoms with E-state index in [1.807, 2.05) is 48.5 Å². The first-order valence-electron chi connectivity index (χ1n) is 11.5. The van der Waals surface area contributed by atoms with Crippen LogP contribution in [0.2, 0.25) is 0 Å². The van der Waals surface area contributed by atoms with Crippen LogP contribution in [0.5, 0.6) is 5.75 Å². The van der Waals surface area contributed by atoms with Crippen LogP contribution in [0, 0.1) is 5.92 Å². The van der Waals surface area contributed by atoms with E-state index in [9.17, 15) is 4.79 Å². The molecule has 0 saturated carbocycles. The molecule has 0 unspecified atom stereocenters. The molecule has 3 aromatic carbocycles. The predicted molar refractivity (Wildman–Crippen MR) is 133 cm³/mol. The van der Waals surface area contributed by atoms with Gasteiger partial charge in [-0.3, -0.25) is 9.69 Å². The quantitative estimate of drug-likeness (QED) is 0.399. The van der Waals surface area contributed by atoms with Crippen molar-refractivity contribution in [2.24, 2.45) is 11.0 Å². The van der Waals surface area contributed by atoms with Gasteiger partial charge in [0.15, 0.2) is 0 Å². The van der Waals surface area contributed by atoms with Gasteiger partial charge in [-0.1, -0.05) is 42.5 Å². The summed E-state index contributed by atoms with van der Waals surface area (Å²) in [6.07, 6.45) is 5.27. The van der Waals surface area contributed by atoms with E-state index in [0.29, 0.717) is 5.56 Å². The van der Waals surface area contributed by atoms with Crippen molar-refractivity contribution >= 4 is 12.1 Å². The molecule has 0 spiro atoms. The van der Waals surface area contributed by atoms with E-state index in [-0.39, 0.29) is 5.91 Å². The smallest absolute Gasteiger partial charge is 0.271 e. The molecule has 1 aliphatic rings. The van der Waals surface area contributed by atoms with Crippen LogP contribution in [0.3, 0.4) is 0 Å². The first kappa shape index (κ1) is 22.7. The van der Waals surface area contributed by atoms with Crippen LogP contribution in [-0.4, -0.2) is 37.2 Å². The molecule has 4 rings (SSSR count). The molecule has 1 saturated heterocycles. The molecular formula is C28H31N3O2. The monoisotopic (exact) mass is 441 g/mol. The number of carbonyl (C=O) groups is 1. The van der Waals surface area contributed by atoms with E-state index in [0.717, 1.165) is 36.9 Å². The number of piperidine rings is 1. The Morgan fingerprint density at radius 3 is 2.33 bits per heavy atom. The summed E-state index contributed by atoms with van der Waals surface area (Å²) in [7, 11) is 1.63. The Balaban J connectivity index is 1.22. The fourth-order valence-corrected chi connectivity index (χ4v) is 4.24. The molecule has 3 aromatic rings. The number of benzene rings is 3. The Bertz CT molecular complexity index is 1040. The summed E-state index contributed by atoms with van der Waals surface area (Å²) in [6, 6.07) is 26.1. The highest BCUT2D eigenvalue weighted by Gasteiger charge is 2.19. The van der Waals surface area contributed by atoms with Gasteiger partial charge in [0, 0.05) is 12.1 Å². The van der Waals surface area contributed by atoms with Crippen LogP contribution in [-0.2, 0) is 13.0 Å². The number of rotatable bonds is 8. The van der Waals surface area contributed by atoms with Crippen LogP contribution < -0.4 is 10.2 Å². The van der Waals surface area contributed by atoms with E-state index in [1.165, 1.54) is 30.4 Å². The molecule has 1 fully saturated rings. The lowest BCUT2D eigenvalue weighted by atomic mass is 9.90. The Kier molecular flexibility index (Phi) is 7.88. The number of hydrogen-bond donors (Lipinski definition) is 1. The SMILES string of the molecule is COc1ccc(/C=N\NC(=O)c2ccc(CN3CCC(Cc4ccccc4)CC3)cc2)cc1. The van der Waals surface area contributed by atoms with Crippen molar-refractivity contribution in [2.75, 3.05) is 20.2 Å². The average Bonchev–Trinajstić information content (AvgIpc) is 2.87. The summed E-state index contributed by atoms with van der Waals surface area (Å²) in [5.74, 6) is 1.34. The first-order valence-corrected chi connectivity index (χ1v) is 11.5. The highest BCUT2D eigenvalue weighted by atomic mass is 16.5. The zero-order chi connectivity index (χ0) is 22.9. The third kappa shape index (κ3) is 6.77.